The summed E-state index contributed by atoms with van der Waals surface area (Å²) < 4.78 is 1.90. The van der Waals surface area contributed by atoms with Gasteiger partial charge in [0.05, 0.1) is 11.7 Å². The predicted octanol–water partition coefficient (Wildman–Crippen LogP) is 1.70. The highest BCUT2D eigenvalue weighted by molar-refractivity contribution is 5.87. The van der Waals surface area contributed by atoms with Crippen molar-refractivity contribution in [1.82, 2.24) is 19.7 Å². The van der Waals surface area contributed by atoms with Crippen LogP contribution in [-0.2, 0) is 11.3 Å². The van der Waals surface area contributed by atoms with Gasteiger partial charge in [0, 0.05) is 44.5 Å². The van der Waals surface area contributed by atoms with Crippen LogP contribution >= 0.6 is 0 Å². The standard InChI is InChI=1S/C16H21N5O2/c1-11-3-4-15(23)14(17-11)10-20-7-5-13(9-20)21-8-6-16(19-21)18-12(2)22/h3-4,6,8,13,23H,5,7,9-10H2,1-2H3,(H,18,19,22)/t13-/m0/s1. The molecule has 1 amide bonds. The van der Waals surface area contributed by atoms with Crippen molar-refractivity contribution in [3.63, 3.8) is 0 Å². The Morgan fingerprint density at radius 3 is 3.04 bits per heavy atom. The molecule has 3 rings (SSSR count). The second kappa shape index (κ2) is 6.37. The van der Waals surface area contributed by atoms with Gasteiger partial charge in [-0.3, -0.25) is 19.4 Å². The summed E-state index contributed by atoms with van der Waals surface area (Å²) in [6.07, 6.45) is 2.87. The second-order valence-electron chi connectivity index (χ2n) is 5.96. The Morgan fingerprint density at radius 1 is 1.43 bits per heavy atom. The van der Waals surface area contributed by atoms with Crippen molar-refractivity contribution in [2.45, 2.75) is 32.9 Å². The number of aryl methyl sites for hydroxylation is 1. The number of carbonyl (C=O) groups is 1. The molecule has 0 saturated carbocycles. The highest BCUT2D eigenvalue weighted by Crippen LogP contribution is 2.25. The van der Waals surface area contributed by atoms with Crippen LogP contribution in [0.15, 0.2) is 24.4 Å². The van der Waals surface area contributed by atoms with Gasteiger partial charge in [-0.1, -0.05) is 0 Å². The van der Waals surface area contributed by atoms with E-state index in [2.05, 4.69) is 20.3 Å². The highest BCUT2D eigenvalue weighted by atomic mass is 16.3. The minimum atomic E-state index is -0.121. The van der Waals surface area contributed by atoms with Crippen LogP contribution < -0.4 is 5.32 Å². The molecule has 1 atom stereocenters. The zero-order valence-electron chi connectivity index (χ0n) is 13.4. The van der Waals surface area contributed by atoms with Gasteiger partial charge in [0.1, 0.15) is 5.75 Å². The molecular weight excluding hydrogens is 294 g/mol. The molecule has 0 radical (unpaired) electrons. The van der Waals surface area contributed by atoms with E-state index >= 15 is 0 Å². The number of nitrogens with one attached hydrogen (secondary N) is 1. The Morgan fingerprint density at radius 2 is 2.26 bits per heavy atom. The Hall–Kier alpha value is -2.41. The number of hydrogen-bond donors (Lipinski definition) is 2. The van der Waals surface area contributed by atoms with Crippen LogP contribution in [0.25, 0.3) is 0 Å². The second-order valence-corrected chi connectivity index (χ2v) is 5.96. The van der Waals surface area contributed by atoms with Gasteiger partial charge < -0.3 is 10.4 Å². The first-order chi connectivity index (χ1) is 11.0. The van der Waals surface area contributed by atoms with Crippen molar-refractivity contribution in [1.29, 1.82) is 0 Å². The van der Waals surface area contributed by atoms with Crippen LogP contribution in [0, 0.1) is 6.92 Å². The van der Waals surface area contributed by atoms with Gasteiger partial charge in [-0.05, 0) is 25.5 Å². The van der Waals surface area contributed by atoms with Crippen LogP contribution in [0.2, 0.25) is 0 Å². The molecule has 2 aromatic heterocycles. The lowest BCUT2D eigenvalue weighted by Gasteiger charge is -2.16. The molecule has 0 aliphatic carbocycles. The van der Waals surface area contributed by atoms with Gasteiger partial charge in [0.15, 0.2) is 5.82 Å². The first-order valence-electron chi connectivity index (χ1n) is 7.72. The minimum Gasteiger partial charge on any atom is -0.506 e. The van der Waals surface area contributed by atoms with Crippen molar-refractivity contribution < 1.29 is 9.90 Å². The molecule has 23 heavy (non-hydrogen) atoms. The zero-order chi connectivity index (χ0) is 16.4. The number of aromatic hydroxyl groups is 1. The first-order valence-corrected chi connectivity index (χ1v) is 7.72. The summed E-state index contributed by atoms with van der Waals surface area (Å²) in [6.45, 7) is 5.79. The lowest BCUT2D eigenvalue weighted by Crippen LogP contribution is -2.22. The molecule has 0 bridgehead atoms. The third-order valence-electron chi connectivity index (χ3n) is 4.00. The van der Waals surface area contributed by atoms with Crippen molar-refractivity contribution in [2.24, 2.45) is 0 Å². The van der Waals surface area contributed by atoms with Gasteiger partial charge in [-0.25, -0.2) is 0 Å². The molecule has 122 valence electrons. The van der Waals surface area contributed by atoms with E-state index in [0.717, 1.165) is 25.2 Å². The molecule has 2 aromatic rings. The highest BCUT2D eigenvalue weighted by Gasteiger charge is 2.25. The number of anilines is 1. The molecule has 1 saturated heterocycles. The van der Waals surface area contributed by atoms with Crippen LogP contribution in [0.4, 0.5) is 5.82 Å². The SMILES string of the molecule is CC(=O)Nc1ccn([C@H]2CCN(Cc3nc(C)ccc3O)C2)n1. The topological polar surface area (TPSA) is 83.3 Å². The van der Waals surface area contributed by atoms with E-state index in [1.807, 2.05) is 17.8 Å². The fourth-order valence-corrected chi connectivity index (χ4v) is 2.89. The van der Waals surface area contributed by atoms with Crippen LogP contribution in [-0.4, -0.2) is 43.8 Å². The smallest absolute Gasteiger partial charge is 0.222 e. The molecule has 0 spiro atoms. The zero-order valence-corrected chi connectivity index (χ0v) is 13.4. The number of carbonyl (C=O) groups excluding carboxylic acids is 1. The predicted molar refractivity (Wildman–Crippen MR) is 86.1 cm³/mol. The van der Waals surface area contributed by atoms with Crippen molar-refractivity contribution in [3.8, 4) is 5.75 Å². The monoisotopic (exact) mass is 315 g/mol. The van der Waals surface area contributed by atoms with Crippen LogP contribution in [0.5, 0.6) is 5.75 Å². The Kier molecular flexibility index (Phi) is 4.29. The Bertz CT molecular complexity index is 712. The van der Waals surface area contributed by atoms with Crippen molar-refractivity contribution >= 4 is 11.7 Å². The Labute approximate surface area is 134 Å². The number of pyridine rings is 1. The molecule has 1 aliphatic rings. The average Bonchev–Trinajstić information content (AvgIpc) is 3.11. The first kappa shape index (κ1) is 15.5. The molecule has 3 heterocycles. The van der Waals surface area contributed by atoms with Gasteiger partial charge in [-0.15, -0.1) is 0 Å². The van der Waals surface area contributed by atoms with E-state index in [1.165, 1.54) is 6.92 Å². The molecule has 0 unspecified atom stereocenters. The number of aromatic nitrogens is 3. The lowest BCUT2D eigenvalue weighted by molar-refractivity contribution is -0.114. The quantitative estimate of drug-likeness (QED) is 0.897. The molecule has 1 aliphatic heterocycles. The van der Waals surface area contributed by atoms with Crippen LogP contribution in [0.3, 0.4) is 0 Å². The van der Waals surface area contributed by atoms with E-state index in [-0.39, 0.29) is 17.7 Å². The molecular formula is C16H21N5O2. The van der Waals surface area contributed by atoms with Crippen LogP contribution in [0.1, 0.15) is 30.8 Å². The van der Waals surface area contributed by atoms with Gasteiger partial charge in [0.25, 0.3) is 0 Å². The molecule has 1 fully saturated rings. The van der Waals surface area contributed by atoms with Gasteiger partial charge in [0.2, 0.25) is 5.91 Å². The Balaban J connectivity index is 1.63. The normalized spacial score (nSPS) is 18.3. The fraction of sp³-hybridized carbons (Fsp3) is 0.438. The number of hydrogen-bond acceptors (Lipinski definition) is 5. The molecule has 2 N–H and O–H groups in total. The largest absolute Gasteiger partial charge is 0.506 e. The van der Waals surface area contributed by atoms with Gasteiger partial charge >= 0.3 is 0 Å². The van der Waals surface area contributed by atoms with E-state index < -0.39 is 0 Å². The van der Waals surface area contributed by atoms with E-state index in [4.69, 9.17) is 0 Å². The van der Waals surface area contributed by atoms with E-state index in [9.17, 15) is 9.90 Å². The van der Waals surface area contributed by atoms with E-state index in [1.54, 1.807) is 18.2 Å². The third-order valence-corrected chi connectivity index (χ3v) is 4.00. The van der Waals surface area contributed by atoms with Crippen molar-refractivity contribution in [2.75, 3.05) is 18.4 Å². The average molecular weight is 315 g/mol. The maximum absolute atomic E-state index is 11.1. The maximum atomic E-state index is 11.1. The molecule has 7 heteroatoms. The van der Waals surface area contributed by atoms with Crippen molar-refractivity contribution in [3.05, 3.63) is 35.8 Å². The number of rotatable bonds is 4. The summed E-state index contributed by atoms with van der Waals surface area (Å²) in [7, 11) is 0. The van der Waals surface area contributed by atoms with Gasteiger partial charge in [-0.2, -0.15) is 5.10 Å². The summed E-state index contributed by atoms with van der Waals surface area (Å²) in [4.78, 5) is 17.7. The summed E-state index contributed by atoms with van der Waals surface area (Å²) in [6, 6.07) is 5.57. The lowest BCUT2D eigenvalue weighted by atomic mass is 10.2. The third kappa shape index (κ3) is 3.68. The number of amides is 1. The maximum Gasteiger partial charge on any atom is 0.222 e. The minimum absolute atomic E-state index is 0.121. The molecule has 0 aromatic carbocycles. The molecule has 7 nitrogen and oxygen atoms in total. The number of nitrogens with zero attached hydrogens (tertiary/aromatic N) is 4. The summed E-state index contributed by atoms with van der Waals surface area (Å²) in [5, 5.41) is 17.0. The van der Waals surface area contributed by atoms with E-state index in [0.29, 0.717) is 18.1 Å². The summed E-state index contributed by atoms with van der Waals surface area (Å²) in [5.74, 6) is 0.698. The summed E-state index contributed by atoms with van der Waals surface area (Å²) >= 11 is 0. The fourth-order valence-electron chi connectivity index (χ4n) is 2.89. The number of likely N-dealkylation sites (tertiary alicyclic amines) is 1. The summed E-state index contributed by atoms with van der Waals surface area (Å²) in [5.41, 5.74) is 1.62.